The minimum atomic E-state index is -0.0560. The Bertz CT molecular complexity index is 427. The molecule has 0 amide bonds. The molecule has 1 aliphatic carbocycles. The van der Waals surface area contributed by atoms with Crippen LogP contribution in [0.3, 0.4) is 0 Å². The summed E-state index contributed by atoms with van der Waals surface area (Å²) >= 11 is 0. The fourth-order valence-electron chi connectivity index (χ4n) is 2.09. The summed E-state index contributed by atoms with van der Waals surface area (Å²) in [6.45, 7) is 2.12. The van der Waals surface area contributed by atoms with E-state index in [9.17, 15) is 0 Å². The van der Waals surface area contributed by atoms with Crippen LogP contribution in [0.15, 0.2) is 18.2 Å². The van der Waals surface area contributed by atoms with E-state index < -0.39 is 0 Å². The van der Waals surface area contributed by atoms with Gasteiger partial charge in [0.1, 0.15) is 5.75 Å². The SMILES string of the molecule is CCc1cc(CC2(C#N)CC2)ccc1OC. The molecule has 2 nitrogen and oxygen atoms in total. The van der Waals surface area contributed by atoms with E-state index in [1.165, 1.54) is 11.1 Å². The summed E-state index contributed by atoms with van der Waals surface area (Å²) in [6.07, 6.45) is 3.96. The maximum atomic E-state index is 9.07. The summed E-state index contributed by atoms with van der Waals surface area (Å²) in [5.74, 6) is 0.952. The summed E-state index contributed by atoms with van der Waals surface area (Å²) in [6, 6.07) is 8.71. The highest BCUT2D eigenvalue weighted by molar-refractivity contribution is 5.38. The van der Waals surface area contributed by atoms with Crippen molar-refractivity contribution in [1.82, 2.24) is 0 Å². The van der Waals surface area contributed by atoms with E-state index >= 15 is 0 Å². The normalized spacial score (nSPS) is 16.6. The molecular weight excluding hydrogens is 198 g/mol. The van der Waals surface area contributed by atoms with Gasteiger partial charge in [-0.05, 0) is 42.9 Å². The average Bonchev–Trinajstić information content (AvgIpc) is 3.09. The van der Waals surface area contributed by atoms with Gasteiger partial charge in [-0.15, -0.1) is 0 Å². The lowest BCUT2D eigenvalue weighted by atomic mass is 9.96. The van der Waals surface area contributed by atoms with Crippen molar-refractivity contribution in [2.24, 2.45) is 5.41 Å². The molecule has 0 radical (unpaired) electrons. The van der Waals surface area contributed by atoms with Gasteiger partial charge < -0.3 is 4.74 Å². The molecule has 2 heteroatoms. The predicted molar refractivity (Wildman–Crippen MR) is 63.4 cm³/mol. The maximum absolute atomic E-state index is 9.07. The molecule has 1 saturated carbocycles. The van der Waals surface area contributed by atoms with Crippen LogP contribution < -0.4 is 4.74 Å². The van der Waals surface area contributed by atoms with Crippen molar-refractivity contribution in [3.05, 3.63) is 29.3 Å². The Kier molecular flexibility index (Phi) is 2.87. The number of hydrogen-bond donors (Lipinski definition) is 0. The van der Waals surface area contributed by atoms with E-state index in [2.05, 4.69) is 25.1 Å². The Balaban J connectivity index is 2.20. The first-order valence-electron chi connectivity index (χ1n) is 5.80. The zero-order chi connectivity index (χ0) is 11.6. The molecule has 0 N–H and O–H groups in total. The second-order valence-corrected chi connectivity index (χ2v) is 4.57. The number of nitriles is 1. The minimum Gasteiger partial charge on any atom is -0.496 e. The van der Waals surface area contributed by atoms with E-state index in [1.807, 2.05) is 6.07 Å². The Labute approximate surface area is 96.9 Å². The molecule has 1 aliphatic rings. The molecular formula is C14H17NO. The van der Waals surface area contributed by atoms with Crippen LogP contribution in [0.5, 0.6) is 5.75 Å². The van der Waals surface area contributed by atoms with Crippen LogP contribution in [-0.2, 0) is 12.8 Å². The molecule has 0 heterocycles. The average molecular weight is 215 g/mol. The fourth-order valence-corrected chi connectivity index (χ4v) is 2.09. The van der Waals surface area contributed by atoms with E-state index in [-0.39, 0.29) is 5.41 Å². The van der Waals surface area contributed by atoms with Gasteiger partial charge in [0, 0.05) is 0 Å². The molecule has 16 heavy (non-hydrogen) atoms. The molecule has 1 fully saturated rings. The van der Waals surface area contributed by atoms with Gasteiger partial charge in [-0.2, -0.15) is 5.26 Å². The zero-order valence-corrected chi connectivity index (χ0v) is 9.92. The maximum Gasteiger partial charge on any atom is 0.122 e. The topological polar surface area (TPSA) is 33.0 Å². The van der Waals surface area contributed by atoms with Crippen molar-refractivity contribution in [2.45, 2.75) is 32.6 Å². The fraction of sp³-hybridized carbons (Fsp3) is 0.500. The molecule has 1 aromatic carbocycles. The van der Waals surface area contributed by atoms with E-state index in [0.29, 0.717) is 0 Å². The van der Waals surface area contributed by atoms with Gasteiger partial charge in [-0.25, -0.2) is 0 Å². The van der Waals surface area contributed by atoms with Crippen LogP contribution in [0, 0.1) is 16.7 Å². The minimum absolute atomic E-state index is 0.0560. The third-order valence-electron chi connectivity index (χ3n) is 3.36. The van der Waals surface area contributed by atoms with Gasteiger partial charge in [0.15, 0.2) is 0 Å². The second kappa shape index (κ2) is 4.17. The summed E-state index contributed by atoms with van der Waals surface area (Å²) in [4.78, 5) is 0. The molecule has 0 atom stereocenters. The Morgan fingerprint density at radius 3 is 2.69 bits per heavy atom. The molecule has 2 rings (SSSR count). The van der Waals surface area contributed by atoms with Gasteiger partial charge >= 0.3 is 0 Å². The number of hydrogen-bond acceptors (Lipinski definition) is 2. The van der Waals surface area contributed by atoms with Crippen LogP contribution in [-0.4, -0.2) is 7.11 Å². The number of methoxy groups -OCH3 is 1. The first-order valence-corrected chi connectivity index (χ1v) is 5.80. The third kappa shape index (κ3) is 2.04. The van der Waals surface area contributed by atoms with Gasteiger partial charge in [0.2, 0.25) is 0 Å². The van der Waals surface area contributed by atoms with Crippen molar-refractivity contribution in [2.75, 3.05) is 7.11 Å². The number of rotatable bonds is 4. The quantitative estimate of drug-likeness (QED) is 0.773. The lowest BCUT2D eigenvalue weighted by Crippen LogP contribution is -2.02. The van der Waals surface area contributed by atoms with Gasteiger partial charge in [-0.3, -0.25) is 0 Å². The Morgan fingerprint density at radius 1 is 1.44 bits per heavy atom. The highest BCUT2D eigenvalue weighted by Gasteiger charge is 2.42. The predicted octanol–water partition coefficient (Wildman–Crippen LogP) is 3.10. The largest absolute Gasteiger partial charge is 0.496 e. The monoisotopic (exact) mass is 215 g/mol. The van der Waals surface area contributed by atoms with Gasteiger partial charge in [-0.1, -0.05) is 19.1 Å². The van der Waals surface area contributed by atoms with Gasteiger partial charge in [0.25, 0.3) is 0 Å². The number of ether oxygens (including phenoxy) is 1. The van der Waals surface area contributed by atoms with Crippen LogP contribution in [0.4, 0.5) is 0 Å². The highest BCUT2D eigenvalue weighted by Crippen LogP contribution is 2.47. The van der Waals surface area contributed by atoms with Crippen LogP contribution in [0.2, 0.25) is 0 Å². The van der Waals surface area contributed by atoms with E-state index in [0.717, 1.165) is 31.4 Å². The third-order valence-corrected chi connectivity index (χ3v) is 3.36. The molecule has 0 unspecified atom stereocenters. The first-order chi connectivity index (χ1) is 7.73. The van der Waals surface area contributed by atoms with Crippen LogP contribution in [0.1, 0.15) is 30.9 Å². The summed E-state index contributed by atoms with van der Waals surface area (Å²) < 4.78 is 5.30. The first kappa shape index (κ1) is 11.0. The Hall–Kier alpha value is -1.49. The standard InChI is InChI=1S/C14H17NO/c1-3-12-8-11(4-5-13(12)16-2)9-14(10-15)6-7-14/h4-5,8H,3,6-7,9H2,1-2H3. The second-order valence-electron chi connectivity index (χ2n) is 4.57. The number of nitrogens with zero attached hydrogens (tertiary/aromatic N) is 1. The molecule has 0 saturated heterocycles. The molecule has 1 aromatic rings. The van der Waals surface area contributed by atoms with Crippen molar-refractivity contribution >= 4 is 0 Å². The van der Waals surface area contributed by atoms with Crippen LogP contribution in [0.25, 0.3) is 0 Å². The molecule has 0 spiro atoms. The van der Waals surface area contributed by atoms with E-state index in [4.69, 9.17) is 10.00 Å². The summed E-state index contributed by atoms with van der Waals surface area (Å²) in [5.41, 5.74) is 2.44. The molecule has 0 bridgehead atoms. The highest BCUT2D eigenvalue weighted by atomic mass is 16.5. The molecule has 84 valence electrons. The number of aryl methyl sites for hydroxylation is 1. The smallest absolute Gasteiger partial charge is 0.122 e. The van der Waals surface area contributed by atoms with Crippen molar-refractivity contribution in [3.8, 4) is 11.8 Å². The van der Waals surface area contributed by atoms with Crippen molar-refractivity contribution in [1.29, 1.82) is 5.26 Å². The van der Waals surface area contributed by atoms with Crippen molar-refractivity contribution < 1.29 is 4.74 Å². The summed E-state index contributed by atoms with van der Waals surface area (Å²) in [7, 11) is 1.70. The lowest BCUT2D eigenvalue weighted by molar-refractivity contribution is 0.410. The van der Waals surface area contributed by atoms with Crippen LogP contribution >= 0.6 is 0 Å². The van der Waals surface area contributed by atoms with Gasteiger partial charge in [0.05, 0.1) is 18.6 Å². The Morgan fingerprint density at radius 2 is 2.19 bits per heavy atom. The zero-order valence-electron chi connectivity index (χ0n) is 9.92. The molecule has 0 aromatic heterocycles. The van der Waals surface area contributed by atoms with E-state index in [1.54, 1.807) is 7.11 Å². The molecule has 0 aliphatic heterocycles. The number of benzene rings is 1. The lowest BCUT2D eigenvalue weighted by Gasteiger charge is -2.11. The summed E-state index contributed by atoms with van der Waals surface area (Å²) in [5, 5.41) is 9.07. The van der Waals surface area contributed by atoms with Crippen molar-refractivity contribution in [3.63, 3.8) is 0 Å².